The summed E-state index contributed by atoms with van der Waals surface area (Å²) in [5.41, 5.74) is 2.02. The second kappa shape index (κ2) is 13.0. The first kappa shape index (κ1) is 24.9. The number of Topliss-reactive ketones (excluding diaryl/α,β-unsaturated/α-hetero) is 1. The third-order valence-electron chi connectivity index (χ3n) is 5.64. The molecule has 184 valence electrons. The number of rotatable bonds is 13. The largest absolute Gasteiger partial charge is 0.457 e. The number of hydrogen-bond donors (Lipinski definition) is 1. The number of carbonyl (C=O) groups is 2. The van der Waals surface area contributed by atoms with Gasteiger partial charge in [0, 0.05) is 12.0 Å². The Kier molecular flexibility index (Phi) is 8.97. The Morgan fingerprint density at radius 3 is 2.31 bits per heavy atom. The third-order valence-corrected chi connectivity index (χ3v) is 5.64. The van der Waals surface area contributed by atoms with E-state index in [1.165, 1.54) is 5.56 Å². The lowest BCUT2D eigenvalue weighted by Gasteiger charge is -2.06. The van der Waals surface area contributed by atoms with Crippen LogP contribution >= 0.6 is 0 Å². The maximum Gasteiger partial charge on any atom is 0.287 e. The first-order chi connectivity index (χ1) is 17.7. The van der Waals surface area contributed by atoms with Gasteiger partial charge < -0.3 is 14.5 Å². The molecule has 0 aliphatic carbocycles. The Morgan fingerprint density at radius 2 is 1.50 bits per heavy atom. The van der Waals surface area contributed by atoms with Gasteiger partial charge in [-0.2, -0.15) is 0 Å². The summed E-state index contributed by atoms with van der Waals surface area (Å²) in [6.07, 6.45) is 5.00. The van der Waals surface area contributed by atoms with Gasteiger partial charge in [0.05, 0.1) is 6.54 Å². The van der Waals surface area contributed by atoms with E-state index in [1.54, 1.807) is 6.07 Å². The van der Waals surface area contributed by atoms with Gasteiger partial charge in [0.1, 0.15) is 11.5 Å². The highest BCUT2D eigenvalue weighted by Gasteiger charge is 2.15. The molecule has 1 aromatic heterocycles. The summed E-state index contributed by atoms with van der Waals surface area (Å²) in [5.74, 6) is 0.833. The smallest absolute Gasteiger partial charge is 0.287 e. The van der Waals surface area contributed by atoms with Crippen LogP contribution in [0.1, 0.15) is 43.6 Å². The van der Waals surface area contributed by atoms with E-state index in [2.05, 4.69) is 27.6 Å². The lowest BCUT2D eigenvalue weighted by atomic mass is 10.0. The zero-order chi connectivity index (χ0) is 25.0. The highest BCUT2D eigenvalue weighted by atomic mass is 16.5. The Bertz CT molecular complexity index is 1260. The Labute approximate surface area is 210 Å². The summed E-state index contributed by atoms with van der Waals surface area (Å²) in [6, 6.07) is 27.1. The molecular weight excluding hydrogens is 454 g/mol. The van der Waals surface area contributed by atoms with Crippen LogP contribution in [-0.2, 0) is 22.6 Å². The summed E-state index contributed by atoms with van der Waals surface area (Å²) in [4.78, 5) is 24.3. The maximum absolute atomic E-state index is 12.1. The molecule has 4 rings (SSSR count). The predicted octanol–water partition coefficient (Wildman–Crippen LogP) is 5.91. The number of amides is 1. The van der Waals surface area contributed by atoms with E-state index in [0.29, 0.717) is 23.6 Å². The molecule has 0 saturated carbocycles. The van der Waals surface area contributed by atoms with Crippen LogP contribution in [0.3, 0.4) is 0 Å². The van der Waals surface area contributed by atoms with Crippen molar-refractivity contribution in [1.29, 1.82) is 0 Å². The molecular formula is C29H29N3O4. The van der Waals surface area contributed by atoms with Crippen LogP contribution in [0.2, 0.25) is 0 Å². The quantitative estimate of drug-likeness (QED) is 0.188. The number of benzene rings is 3. The third kappa shape index (κ3) is 7.63. The van der Waals surface area contributed by atoms with E-state index in [0.717, 1.165) is 31.4 Å². The molecule has 7 nitrogen and oxygen atoms in total. The zero-order valence-corrected chi connectivity index (χ0v) is 20.1. The number of aryl methyl sites for hydroxylation is 1. The second-order valence-electron chi connectivity index (χ2n) is 8.45. The lowest BCUT2D eigenvalue weighted by molar-refractivity contribution is -0.138. The minimum atomic E-state index is -0.628. The van der Waals surface area contributed by atoms with E-state index in [9.17, 15) is 9.59 Å². The van der Waals surface area contributed by atoms with E-state index in [1.807, 2.05) is 66.7 Å². The van der Waals surface area contributed by atoms with Crippen molar-refractivity contribution in [3.05, 3.63) is 96.4 Å². The van der Waals surface area contributed by atoms with E-state index in [4.69, 9.17) is 9.15 Å². The van der Waals surface area contributed by atoms with E-state index < -0.39 is 11.7 Å². The fourth-order valence-corrected chi connectivity index (χ4v) is 3.74. The number of nitrogens with one attached hydrogen (secondary N) is 1. The molecule has 3 aromatic carbocycles. The number of nitrogens with zero attached hydrogens (tertiary/aromatic N) is 2. The van der Waals surface area contributed by atoms with Crippen molar-refractivity contribution in [3.8, 4) is 23.0 Å². The Hall–Kier alpha value is -4.26. The highest BCUT2D eigenvalue weighted by molar-refractivity contribution is 6.36. The van der Waals surface area contributed by atoms with Crippen molar-refractivity contribution in [2.24, 2.45) is 0 Å². The summed E-state index contributed by atoms with van der Waals surface area (Å²) in [6.45, 7) is -0.00510. The fourth-order valence-electron chi connectivity index (χ4n) is 3.74. The number of unbranched alkanes of at least 4 members (excludes halogenated alkanes) is 3. The van der Waals surface area contributed by atoms with Crippen LogP contribution in [0.5, 0.6) is 11.5 Å². The minimum absolute atomic E-state index is 0.00510. The van der Waals surface area contributed by atoms with E-state index in [-0.39, 0.29) is 18.9 Å². The lowest BCUT2D eigenvalue weighted by Crippen LogP contribution is -2.30. The average molecular weight is 484 g/mol. The molecule has 0 spiro atoms. The second-order valence-corrected chi connectivity index (χ2v) is 8.45. The van der Waals surface area contributed by atoms with Crippen LogP contribution in [0.4, 0.5) is 0 Å². The first-order valence-electron chi connectivity index (χ1n) is 12.2. The molecule has 1 heterocycles. The molecule has 0 bridgehead atoms. The number of ether oxygens (including phenoxy) is 1. The first-order valence-corrected chi connectivity index (χ1v) is 12.2. The number of hydrogen-bond acceptors (Lipinski definition) is 6. The van der Waals surface area contributed by atoms with Crippen molar-refractivity contribution in [1.82, 2.24) is 15.5 Å². The van der Waals surface area contributed by atoms with Crippen molar-refractivity contribution >= 4 is 11.7 Å². The number of aromatic nitrogens is 2. The molecule has 0 atom stereocenters. The predicted molar refractivity (Wildman–Crippen MR) is 136 cm³/mol. The van der Waals surface area contributed by atoms with Crippen molar-refractivity contribution in [2.75, 3.05) is 0 Å². The van der Waals surface area contributed by atoms with Gasteiger partial charge in [-0.25, -0.2) is 0 Å². The van der Waals surface area contributed by atoms with E-state index >= 15 is 0 Å². The molecule has 0 saturated heterocycles. The summed E-state index contributed by atoms with van der Waals surface area (Å²) < 4.78 is 11.5. The summed E-state index contributed by atoms with van der Waals surface area (Å²) in [5, 5.41) is 10.6. The summed E-state index contributed by atoms with van der Waals surface area (Å²) in [7, 11) is 0. The molecule has 0 aliphatic rings. The van der Waals surface area contributed by atoms with Gasteiger partial charge in [-0.05, 0) is 55.2 Å². The standard InChI is InChI=1S/C29H29N3O4/c33-26(19-10-2-1-5-12-22-13-6-3-7-14-22)28(34)30-21-27-31-32-29(36-27)23-15-11-18-25(20-23)35-24-16-8-4-9-17-24/h3-4,6-9,11,13-18,20H,1-2,5,10,12,19,21H2,(H,30,34). The molecule has 7 heteroatoms. The number of ketones is 1. The number of carbonyl (C=O) groups excluding carboxylic acids is 2. The summed E-state index contributed by atoms with van der Waals surface area (Å²) >= 11 is 0. The van der Waals surface area contributed by atoms with Crippen molar-refractivity contribution in [2.45, 2.75) is 45.1 Å². The fraction of sp³-hybridized carbons (Fsp3) is 0.241. The topological polar surface area (TPSA) is 94.3 Å². The van der Waals surface area contributed by atoms with Crippen LogP contribution in [0.15, 0.2) is 89.3 Å². The van der Waals surface area contributed by atoms with Crippen LogP contribution in [0.25, 0.3) is 11.5 Å². The minimum Gasteiger partial charge on any atom is -0.457 e. The van der Waals surface area contributed by atoms with Gasteiger partial charge in [0.15, 0.2) is 0 Å². The Morgan fingerprint density at radius 1 is 0.778 bits per heavy atom. The van der Waals surface area contributed by atoms with Crippen molar-refractivity contribution in [3.63, 3.8) is 0 Å². The van der Waals surface area contributed by atoms with Gasteiger partial charge in [0.25, 0.3) is 5.91 Å². The molecule has 0 aliphatic heterocycles. The maximum atomic E-state index is 12.1. The van der Waals surface area contributed by atoms with Crippen LogP contribution in [0, 0.1) is 0 Å². The molecule has 1 N–H and O–H groups in total. The van der Waals surface area contributed by atoms with Gasteiger partial charge in [0.2, 0.25) is 17.6 Å². The van der Waals surface area contributed by atoms with Crippen LogP contribution in [-0.4, -0.2) is 21.9 Å². The van der Waals surface area contributed by atoms with Gasteiger partial charge in [-0.3, -0.25) is 9.59 Å². The molecule has 0 radical (unpaired) electrons. The van der Waals surface area contributed by atoms with Gasteiger partial charge >= 0.3 is 0 Å². The SMILES string of the molecule is O=C(CCCCCCc1ccccc1)C(=O)NCc1nnc(-c2cccc(Oc3ccccc3)c2)o1. The number of para-hydroxylation sites is 1. The molecule has 36 heavy (non-hydrogen) atoms. The van der Waals surface area contributed by atoms with Crippen molar-refractivity contribution < 1.29 is 18.7 Å². The molecule has 0 fully saturated rings. The highest BCUT2D eigenvalue weighted by Crippen LogP contribution is 2.26. The monoisotopic (exact) mass is 483 g/mol. The molecule has 0 unspecified atom stereocenters. The molecule has 1 amide bonds. The zero-order valence-electron chi connectivity index (χ0n) is 20.1. The van der Waals surface area contributed by atoms with Gasteiger partial charge in [-0.15, -0.1) is 10.2 Å². The van der Waals surface area contributed by atoms with Gasteiger partial charge in [-0.1, -0.05) is 67.4 Å². The molecule has 4 aromatic rings. The normalized spacial score (nSPS) is 10.7. The van der Waals surface area contributed by atoms with Crippen LogP contribution < -0.4 is 10.1 Å². The Balaban J connectivity index is 1.17. The average Bonchev–Trinajstić information content (AvgIpc) is 3.40.